The van der Waals surface area contributed by atoms with Crippen molar-refractivity contribution in [2.45, 2.75) is 46.1 Å². The first-order valence-electron chi connectivity index (χ1n) is 6.95. The van der Waals surface area contributed by atoms with E-state index in [0.29, 0.717) is 0 Å². The van der Waals surface area contributed by atoms with Gasteiger partial charge in [-0.15, -0.1) is 6.58 Å². The number of hydrogen-bond acceptors (Lipinski definition) is 1. The summed E-state index contributed by atoms with van der Waals surface area (Å²) in [4.78, 5) is 0. The second kappa shape index (κ2) is 5.27. The summed E-state index contributed by atoms with van der Waals surface area (Å²) >= 11 is 0. The second-order valence-corrected chi connectivity index (χ2v) is 6.19. The third-order valence-electron chi connectivity index (χ3n) is 3.75. The van der Waals surface area contributed by atoms with E-state index in [4.69, 9.17) is 0 Å². The van der Waals surface area contributed by atoms with E-state index in [1.165, 1.54) is 29.5 Å². The number of rotatable bonds is 6. The van der Waals surface area contributed by atoms with Crippen molar-refractivity contribution in [2.24, 2.45) is 5.41 Å². The molecule has 2 rings (SSSR count). The van der Waals surface area contributed by atoms with Crippen molar-refractivity contribution in [1.29, 1.82) is 0 Å². The molecule has 18 heavy (non-hydrogen) atoms. The van der Waals surface area contributed by atoms with Crippen molar-refractivity contribution in [2.75, 3.05) is 6.54 Å². The highest BCUT2D eigenvalue weighted by Crippen LogP contribution is 2.27. The Labute approximate surface area is 111 Å². The summed E-state index contributed by atoms with van der Waals surface area (Å²) in [5, 5.41) is 3.63. The third kappa shape index (κ3) is 3.71. The first-order chi connectivity index (χ1) is 8.50. The topological polar surface area (TPSA) is 12.0 Å². The van der Waals surface area contributed by atoms with Gasteiger partial charge in [0.15, 0.2) is 0 Å². The lowest BCUT2D eigenvalue weighted by molar-refractivity contribution is 0.389. The standard InChI is InChI=1S/C17H25N/c1-5-17(4,12-18-16-6-7-16)11-15-9-13(2)8-14(3)10-15/h5,8-10,16,18H,1,6-7,11-12H2,2-4H3. The van der Waals surface area contributed by atoms with Crippen LogP contribution < -0.4 is 5.32 Å². The van der Waals surface area contributed by atoms with Crippen LogP contribution in [0.1, 0.15) is 36.5 Å². The third-order valence-corrected chi connectivity index (χ3v) is 3.75. The zero-order chi connectivity index (χ0) is 13.2. The monoisotopic (exact) mass is 243 g/mol. The fourth-order valence-corrected chi connectivity index (χ4v) is 2.51. The van der Waals surface area contributed by atoms with Gasteiger partial charge >= 0.3 is 0 Å². The molecule has 1 saturated carbocycles. The maximum absolute atomic E-state index is 4.03. The fraction of sp³-hybridized carbons (Fsp3) is 0.529. The molecule has 0 saturated heterocycles. The molecule has 1 nitrogen and oxygen atoms in total. The molecule has 0 aliphatic heterocycles. The minimum absolute atomic E-state index is 0.156. The van der Waals surface area contributed by atoms with Gasteiger partial charge in [-0.3, -0.25) is 0 Å². The van der Waals surface area contributed by atoms with Crippen LogP contribution in [0.5, 0.6) is 0 Å². The molecule has 0 spiro atoms. The Morgan fingerprint density at radius 3 is 2.39 bits per heavy atom. The lowest BCUT2D eigenvalue weighted by atomic mass is 9.83. The van der Waals surface area contributed by atoms with Crippen molar-refractivity contribution in [3.05, 3.63) is 47.5 Å². The van der Waals surface area contributed by atoms with Crippen LogP contribution in [0.4, 0.5) is 0 Å². The molecule has 1 aromatic carbocycles. The summed E-state index contributed by atoms with van der Waals surface area (Å²) in [5.74, 6) is 0. The molecule has 0 amide bonds. The Bertz CT molecular complexity index is 411. The SMILES string of the molecule is C=CC(C)(CNC1CC1)Cc1cc(C)cc(C)c1. The zero-order valence-electron chi connectivity index (χ0n) is 11.9. The average molecular weight is 243 g/mol. The minimum Gasteiger partial charge on any atom is -0.313 e. The molecule has 1 atom stereocenters. The molecule has 1 aliphatic rings. The van der Waals surface area contributed by atoms with Gasteiger partial charge in [0.1, 0.15) is 0 Å². The molecule has 98 valence electrons. The van der Waals surface area contributed by atoms with Crippen LogP contribution in [0.3, 0.4) is 0 Å². The molecule has 1 heteroatoms. The number of aryl methyl sites for hydroxylation is 2. The Morgan fingerprint density at radius 1 is 1.28 bits per heavy atom. The first-order valence-corrected chi connectivity index (χ1v) is 6.95. The van der Waals surface area contributed by atoms with Crippen LogP contribution in [-0.2, 0) is 6.42 Å². The maximum atomic E-state index is 4.03. The quantitative estimate of drug-likeness (QED) is 0.750. The van der Waals surface area contributed by atoms with Gasteiger partial charge in [0.25, 0.3) is 0 Å². The molecule has 0 aromatic heterocycles. The van der Waals surface area contributed by atoms with Gasteiger partial charge < -0.3 is 5.32 Å². The molecular formula is C17H25N. The van der Waals surface area contributed by atoms with E-state index in [2.05, 4.69) is 56.9 Å². The summed E-state index contributed by atoms with van der Waals surface area (Å²) < 4.78 is 0. The minimum atomic E-state index is 0.156. The molecule has 1 N–H and O–H groups in total. The molecule has 1 unspecified atom stereocenters. The molecule has 0 bridgehead atoms. The second-order valence-electron chi connectivity index (χ2n) is 6.19. The largest absolute Gasteiger partial charge is 0.313 e. The number of benzene rings is 1. The number of hydrogen-bond donors (Lipinski definition) is 1. The lowest BCUT2D eigenvalue weighted by Crippen LogP contribution is -2.33. The van der Waals surface area contributed by atoms with Gasteiger partial charge in [0.05, 0.1) is 0 Å². The van der Waals surface area contributed by atoms with Gasteiger partial charge in [-0.2, -0.15) is 0 Å². The van der Waals surface area contributed by atoms with Gasteiger partial charge in [0, 0.05) is 18.0 Å². The van der Waals surface area contributed by atoms with Crippen LogP contribution in [0, 0.1) is 19.3 Å². The fourth-order valence-electron chi connectivity index (χ4n) is 2.51. The highest BCUT2D eigenvalue weighted by Gasteiger charge is 2.26. The zero-order valence-corrected chi connectivity index (χ0v) is 11.9. The molecule has 0 radical (unpaired) electrons. The van der Waals surface area contributed by atoms with Crippen LogP contribution in [0.15, 0.2) is 30.9 Å². The van der Waals surface area contributed by atoms with E-state index >= 15 is 0 Å². The van der Waals surface area contributed by atoms with Crippen molar-refractivity contribution < 1.29 is 0 Å². The Kier molecular flexibility index (Phi) is 3.91. The van der Waals surface area contributed by atoms with Crippen LogP contribution >= 0.6 is 0 Å². The maximum Gasteiger partial charge on any atom is 0.00685 e. The van der Waals surface area contributed by atoms with Crippen LogP contribution in [0.2, 0.25) is 0 Å². The van der Waals surface area contributed by atoms with E-state index in [-0.39, 0.29) is 5.41 Å². The van der Waals surface area contributed by atoms with Gasteiger partial charge in [-0.25, -0.2) is 0 Å². The van der Waals surface area contributed by atoms with Crippen molar-refractivity contribution in [1.82, 2.24) is 5.32 Å². The summed E-state index contributed by atoms with van der Waals surface area (Å²) in [6.07, 6.45) is 5.87. The summed E-state index contributed by atoms with van der Waals surface area (Å²) in [5.41, 5.74) is 4.29. The molecule has 1 fully saturated rings. The Hall–Kier alpha value is -1.08. The highest BCUT2D eigenvalue weighted by molar-refractivity contribution is 5.29. The van der Waals surface area contributed by atoms with Gasteiger partial charge in [0.2, 0.25) is 0 Å². The number of nitrogens with one attached hydrogen (secondary N) is 1. The Morgan fingerprint density at radius 2 is 1.89 bits per heavy atom. The summed E-state index contributed by atoms with van der Waals surface area (Å²) in [7, 11) is 0. The first kappa shape index (κ1) is 13.4. The van der Waals surface area contributed by atoms with Gasteiger partial charge in [-0.1, -0.05) is 42.3 Å². The van der Waals surface area contributed by atoms with E-state index in [1.54, 1.807) is 0 Å². The van der Waals surface area contributed by atoms with Crippen molar-refractivity contribution >= 4 is 0 Å². The molecular weight excluding hydrogens is 218 g/mol. The van der Waals surface area contributed by atoms with E-state index in [9.17, 15) is 0 Å². The Balaban J connectivity index is 2.04. The summed E-state index contributed by atoms with van der Waals surface area (Å²) in [6, 6.07) is 7.60. The average Bonchev–Trinajstić information content (AvgIpc) is 3.09. The molecule has 1 aliphatic carbocycles. The normalized spacial score (nSPS) is 18.4. The predicted octanol–water partition coefficient (Wildman–Crippen LogP) is 3.79. The van der Waals surface area contributed by atoms with Crippen molar-refractivity contribution in [3.8, 4) is 0 Å². The smallest absolute Gasteiger partial charge is 0.00685 e. The lowest BCUT2D eigenvalue weighted by Gasteiger charge is -2.27. The van der Waals surface area contributed by atoms with Crippen LogP contribution in [-0.4, -0.2) is 12.6 Å². The van der Waals surface area contributed by atoms with Crippen LogP contribution in [0.25, 0.3) is 0 Å². The van der Waals surface area contributed by atoms with E-state index in [1.807, 2.05) is 0 Å². The van der Waals surface area contributed by atoms with Crippen molar-refractivity contribution in [3.63, 3.8) is 0 Å². The predicted molar refractivity (Wildman–Crippen MR) is 78.9 cm³/mol. The molecule has 1 aromatic rings. The van der Waals surface area contributed by atoms with Gasteiger partial charge in [-0.05, 0) is 38.7 Å². The van der Waals surface area contributed by atoms with E-state index < -0.39 is 0 Å². The summed E-state index contributed by atoms with van der Waals surface area (Å²) in [6.45, 7) is 11.7. The van der Waals surface area contributed by atoms with E-state index in [0.717, 1.165) is 19.0 Å². The molecule has 0 heterocycles. The highest BCUT2D eigenvalue weighted by atomic mass is 15.0.